The predicted molar refractivity (Wildman–Crippen MR) is 82.8 cm³/mol. The Labute approximate surface area is 127 Å². The van der Waals surface area contributed by atoms with Crippen LogP contribution in [0.4, 0.5) is 0 Å². The van der Waals surface area contributed by atoms with Crippen LogP contribution in [0.3, 0.4) is 0 Å². The number of carbonyl (C=O) groups excluding carboxylic acids is 1. The first kappa shape index (κ1) is 15.4. The molecule has 0 radical (unpaired) electrons. The van der Waals surface area contributed by atoms with E-state index in [2.05, 4.69) is 10.3 Å². The van der Waals surface area contributed by atoms with E-state index in [0.29, 0.717) is 11.7 Å². The second-order valence-corrected chi connectivity index (χ2v) is 6.41. The highest BCUT2D eigenvalue weighted by Gasteiger charge is 2.29. The fourth-order valence-electron chi connectivity index (χ4n) is 1.90. The minimum Gasteiger partial charge on any atom is -0.388 e. The molecule has 2 N–H and O–H groups in total. The molecule has 1 aliphatic rings. The molecule has 4 nitrogen and oxygen atoms in total. The van der Waals surface area contributed by atoms with Crippen LogP contribution in [0.5, 0.6) is 0 Å². The number of nitrogens with zero attached hydrogens (tertiary/aromatic N) is 1. The van der Waals surface area contributed by atoms with E-state index >= 15 is 0 Å². The van der Waals surface area contributed by atoms with E-state index in [1.807, 2.05) is 11.8 Å². The monoisotopic (exact) mass is 312 g/mol. The largest absolute Gasteiger partial charge is 0.388 e. The molecule has 0 aromatic carbocycles. The molecule has 2 heterocycles. The second-order valence-electron chi connectivity index (χ2n) is 4.80. The summed E-state index contributed by atoms with van der Waals surface area (Å²) in [6, 6.07) is 3.45. The number of carbonyl (C=O) groups is 1. The van der Waals surface area contributed by atoms with Gasteiger partial charge in [-0.1, -0.05) is 17.7 Å². The van der Waals surface area contributed by atoms with Gasteiger partial charge in [0.1, 0.15) is 5.15 Å². The maximum atomic E-state index is 11.7. The highest BCUT2D eigenvalue weighted by Crippen LogP contribution is 2.26. The minimum atomic E-state index is -0.753. The molecule has 20 heavy (non-hydrogen) atoms. The van der Waals surface area contributed by atoms with E-state index in [4.69, 9.17) is 11.6 Å². The Morgan fingerprint density at radius 2 is 2.25 bits per heavy atom. The molecule has 2 rings (SSSR count). The molecule has 0 saturated carbocycles. The van der Waals surface area contributed by atoms with Gasteiger partial charge in [0.15, 0.2) is 0 Å². The van der Waals surface area contributed by atoms with Crippen molar-refractivity contribution < 1.29 is 9.90 Å². The third kappa shape index (κ3) is 4.81. The van der Waals surface area contributed by atoms with E-state index in [-0.39, 0.29) is 5.91 Å². The van der Waals surface area contributed by atoms with E-state index < -0.39 is 5.60 Å². The molecule has 1 aromatic heterocycles. The summed E-state index contributed by atoms with van der Waals surface area (Å²) in [4.78, 5) is 15.6. The van der Waals surface area contributed by atoms with Gasteiger partial charge in [0.05, 0.1) is 5.60 Å². The molecule has 6 heteroatoms. The van der Waals surface area contributed by atoms with E-state index in [1.165, 1.54) is 6.08 Å². The quantitative estimate of drug-likeness (QED) is 0.660. The van der Waals surface area contributed by atoms with Crippen LogP contribution in [0.15, 0.2) is 24.4 Å². The Bertz CT molecular complexity index is 484. The minimum absolute atomic E-state index is 0.216. The second kappa shape index (κ2) is 7.11. The number of aromatic nitrogens is 1. The Hall–Kier alpha value is -1.04. The predicted octanol–water partition coefficient (Wildman–Crippen LogP) is 2.12. The molecule has 0 unspecified atom stereocenters. The van der Waals surface area contributed by atoms with Crippen molar-refractivity contribution in [3.8, 4) is 0 Å². The Kier molecular flexibility index (Phi) is 5.46. The summed E-state index contributed by atoms with van der Waals surface area (Å²) in [5.74, 6) is 1.67. The summed E-state index contributed by atoms with van der Waals surface area (Å²) in [7, 11) is 0. The van der Waals surface area contributed by atoms with E-state index in [0.717, 1.165) is 29.9 Å². The molecule has 0 bridgehead atoms. The number of pyridine rings is 1. The summed E-state index contributed by atoms with van der Waals surface area (Å²) < 4.78 is 0. The van der Waals surface area contributed by atoms with Crippen LogP contribution >= 0.6 is 23.4 Å². The summed E-state index contributed by atoms with van der Waals surface area (Å²) in [6.45, 7) is 0.301. The topological polar surface area (TPSA) is 62.2 Å². The molecule has 1 aliphatic heterocycles. The molecule has 108 valence electrons. The highest BCUT2D eigenvalue weighted by atomic mass is 35.5. The normalized spacial score (nSPS) is 18.1. The fraction of sp³-hybridized carbons (Fsp3) is 0.429. The van der Waals surface area contributed by atoms with Gasteiger partial charge in [-0.05, 0) is 42.1 Å². The lowest BCUT2D eigenvalue weighted by Crippen LogP contribution is -2.44. The van der Waals surface area contributed by atoms with E-state index in [1.54, 1.807) is 24.4 Å². The van der Waals surface area contributed by atoms with Crippen molar-refractivity contribution in [1.29, 1.82) is 0 Å². The van der Waals surface area contributed by atoms with Crippen LogP contribution < -0.4 is 5.32 Å². The van der Waals surface area contributed by atoms with Crippen molar-refractivity contribution in [3.63, 3.8) is 0 Å². The molecule has 1 fully saturated rings. The van der Waals surface area contributed by atoms with Crippen LogP contribution in [0.25, 0.3) is 6.08 Å². The Morgan fingerprint density at radius 1 is 1.50 bits per heavy atom. The molecular formula is C14H17ClN2O2S. The molecule has 1 saturated heterocycles. The van der Waals surface area contributed by atoms with Crippen molar-refractivity contribution in [2.45, 2.75) is 18.4 Å². The number of hydrogen-bond acceptors (Lipinski definition) is 4. The van der Waals surface area contributed by atoms with E-state index in [9.17, 15) is 9.90 Å². The zero-order valence-electron chi connectivity index (χ0n) is 11.0. The maximum Gasteiger partial charge on any atom is 0.244 e. The van der Waals surface area contributed by atoms with Crippen molar-refractivity contribution in [1.82, 2.24) is 10.3 Å². The standard InChI is InChI=1S/C14H17ClN2O2S/c15-12-3-1-11(9-16-12)2-4-13(18)17-10-14(19)5-7-20-8-6-14/h1-4,9,19H,5-8,10H2,(H,17,18)/b4-2+. The zero-order chi connectivity index (χ0) is 14.4. The first-order chi connectivity index (χ1) is 9.57. The Balaban J connectivity index is 1.81. The lowest BCUT2D eigenvalue weighted by molar-refractivity contribution is -0.117. The third-order valence-corrected chi connectivity index (χ3v) is 4.40. The highest BCUT2D eigenvalue weighted by molar-refractivity contribution is 7.99. The first-order valence-corrected chi connectivity index (χ1v) is 7.98. The van der Waals surface area contributed by atoms with Gasteiger partial charge in [0.2, 0.25) is 5.91 Å². The average molecular weight is 313 g/mol. The summed E-state index contributed by atoms with van der Waals surface area (Å²) in [5, 5.41) is 13.4. The van der Waals surface area contributed by atoms with Crippen LogP contribution in [0.2, 0.25) is 5.15 Å². The van der Waals surface area contributed by atoms with Gasteiger partial charge in [-0.2, -0.15) is 11.8 Å². The first-order valence-electron chi connectivity index (χ1n) is 6.45. The summed E-state index contributed by atoms with van der Waals surface area (Å²) >= 11 is 7.52. The van der Waals surface area contributed by atoms with Crippen LogP contribution in [-0.4, -0.2) is 39.6 Å². The molecule has 1 aromatic rings. The number of nitrogens with one attached hydrogen (secondary N) is 1. The molecule has 0 spiro atoms. The summed E-state index contributed by atoms with van der Waals surface area (Å²) in [5.41, 5.74) is 0.0497. The maximum absolute atomic E-state index is 11.7. The number of amides is 1. The fourth-order valence-corrected chi connectivity index (χ4v) is 3.26. The van der Waals surface area contributed by atoms with Gasteiger partial charge in [-0.3, -0.25) is 4.79 Å². The van der Waals surface area contributed by atoms with Gasteiger partial charge in [0, 0.05) is 18.8 Å². The average Bonchev–Trinajstić information content (AvgIpc) is 2.45. The van der Waals surface area contributed by atoms with Crippen molar-refractivity contribution in [2.75, 3.05) is 18.1 Å². The van der Waals surface area contributed by atoms with Gasteiger partial charge in [-0.15, -0.1) is 0 Å². The lowest BCUT2D eigenvalue weighted by Gasteiger charge is -2.31. The number of rotatable bonds is 4. The Morgan fingerprint density at radius 3 is 2.90 bits per heavy atom. The SMILES string of the molecule is O=C(/C=C/c1ccc(Cl)nc1)NCC1(O)CCSCC1. The van der Waals surface area contributed by atoms with Crippen LogP contribution in [0, 0.1) is 0 Å². The third-order valence-electron chi connectivity index (χ3n) is 3.19. The lowest BCUT2D eigenvalue weighted by atomic mass is 9.97. The van der Waals surface area contributed by atoms with Crippen molar-refractivity contribution in [2.24, 2.45) is 0 Å². The van der Waals surface area contributed by atoms with Gasteiger partial charge in [0.25, 0.3) is 0 Å². The zero-order valence-corrected chi connectivity index (χ0v) is 12.6. The van der Waals surface area contributed by atoms with Gasteiger partial charge in [-0.25, -0.2) is 4.98 Å². The number of halogens is 1. The number of thioether (sulfide) groups is 1. The molecule has 1 amide bonds. The summed E-state index contributed by atoms with van der Waals surface area (Å²) in [6.07, 6.45) is 6.15. The van der Waals surface area contributed by atoms with Crippen molar-refractivity contribution in [3.05, 3.63) is 35.1 Å². The van der Waals surface area contributed by atoms with Crippen LogP contribution in [0.1, 0.15) is 18.4 Å². The number of aliphatic hydroxyl groups is 1. The van der Waals surface area contributed by atoms with Crippen LogP contribution in [-0.2, 0) is 4.79 Å². The molecular weight excluding hydrogens is 296 g/mol. The smallest absolute Gasteiger partial charge is 0.244 e. The molecule has 0 aliphatic carbocycles. The molecule has 0 atom stereocenters. The van der Waals surface area contributed by atoms with Gasteiger partial charge < -0.3 is 10.4 Å². The number of hydrogen-bond donors (Lipinski definition) is 2. The van der Waals surface area contributed by atoms with Crippen molar-refractivity contribution >= 4 is 35.3 Å². The van der Waals surface area contributed by atoms with Gasteiger partial charge >= 0.3 is 0 Å².